The lowest BCUT2D eigenvalue weighted by molar-refractivity contribution is 0.563. The number of hydrogen-bond acceptors (Lipinski definition) is 2. The Balaban J connectivity index is 1.24. The topological polar surface area (TPSA) is 3.24 Å². The largest absolute Gasteiger partial charge is 0.308 e. The Morgan fingerprint density at radius 3 is 1.60 bits per heavy atom. The van der Waals surface area contributed by atoms with Crippen LogP contribution in [0.3, 0.4) is 0 Å². The van der Waals surface area contributed by atoms with Gasteiger partial charge in [-0.25, -0.2) is 0 Å². The lowest BCUT2D eigenvalue weighted by Gasteiger charge is -2.46. The Hall–Kier alpha value is -5.31. The predicted octanol–water partition coefficient (Wildman–Crippen LogP) is 12.3. The molecule has 7 aromatic rings. The monoisotopic (exact) mass is 631 g/mol. The molecule has 228 valence electrons. The maximum atomic E-state index is 2.43. The van der Waals surface area contributed by atoms with Crippen LogP contribution in [0.25, 0.3) is 22.3 Å². The Morgan fingerprint density at radius 2 is 0.938 bits per heavy atom. The van der Waals surface area contributed by atoms with Crippen LogP contribution in [0.1, 0.15) is 47.2 Å². The quantitative estimate of drug-likeness (QED) is 0.187. The fourth-order valence-corrected chi connectivity index (χ4v) is 10.0. The molecule has 1 heterocycles. The van der Waals surface area contributed by atoms with E-state index in [4.69, 9.17) is 0 Å². The summed E-state index contributed by atoms with van der Waals surface area (Å²) in [6.07, 6.45) is 0. The highest BCUT2D eigenvalue weighted by molar-refractivity contribution is 7.99. The molecule has 0 N–H and O–H groups in total. The van der Waals surface area contributed by atoms with Gasteiger partial charge in [0.25, 0.3) is 0 Å². The van der Waals surface area contributed by atoms with E-state index in [2.05, 4.69) is 183 Å². The maximum Gasteiger partial charge on any atom is 0.0719 e. The highest BCUT2D eigenvalue weighted by Gasteiger charge is 2.53. The molecule has 0 atom stereocenters. The minimum atomic E-state index is -0.399. The molecule has 0 radical (unpaired) electrons. The zero-order chi connectivity index (χ0) is 32.0. The van der Waals surface area contributed by atoms with Crippen molar-refractivity contribution in [2.45, 2.75) is 34.5 Å². The average molecular weight is 632 g/mol. The Labute approximate surface area is 286 Å². The van der Waals surface area contributed by atoms with Crippen molar-refractivity contribution >= 4 is 28.8 Å². The van der Waals surface area contributed by atoms with Gasteiger partial charge in [0, 0.05) is 20.9 Å². The summed E-state index contributed by atoms with van der Waals surface area (Å²) in [4.78, 5) is 4.98. The summed E-state index contributed by atoms with van der Waals surface area (Å²) >= 11 is 1.85. The fourth-order valence-electron chi connectivity index (χ4n) is 8.94. The van der Waals surface area contributed by atoms with Gasteiger partial charge in [0.1, 0.15) is 0 Å². The highest BCUT2D eigenvalue weighted by atomic mass is 32.2. The average Bonchev–Trinajstić information content (AvgIpc) is 3.44. The molecule has 2 aliphatic carbocycles. The van der Waals surface area contributed by atoms with Gasteiger partial charge < -0.3 is 4.90 Å². The molecule has 7 aromatic carbocycles. The number of hydrogen-bond donors (Lipinski definition) is 0. The second-order valence-corrected chi connectivity index (χ2v) is 14.7. The smallest absolute Gasteiger partial charge is 0.0719 e. The molecule has 10 rings (SSSR count). The van der Waals surface area contributed by atoms with Crippen molar-refractivity contribution in [3.05, 3.63) is 197 Å². The number of nitrogens with zero attached hydrogens (tertiary/aromatic N) is 1. The molecular formula is C46H33NS. The first-order chi connectivity index (χ1) is 23.6. The normalized spacial score (nSPS) is 15.5. The Bertz CT molecular complexity index is 2340. The first kappa shape index (κ1) is 27.8. The van der Waals surface area contributed by atoms with Crippen LogP contribution in [0.4, 0.5) is 17.1 Å². The summed E-state index contributed by atoms with van der Waals surface area (Å²) in [7, 11) is 0. The predicted molar refractivity (Wildman–Crippen MR) is 200 cm³/mol. The summed E-state index contributed by atoms with van der Waals surface area (Å²) in [5.41, 5.74) is 16.6. The summed E-state index contributed by atoms with van der Waals surface area (Å²) in [5.74, 6) is 0. The van der Waals surface area contributed by atoms with Crippen LogP contribution < -0.4 is 4.90 Å². The molecule has 0 bridgehead atoms. The first-order valence-corrected chi connectivity index (χ1v) is 17.6. The van der Waals surface area contributed by atoms with Gasteiger partial charge in [-0.15, -0.1) is 0 Å². The van der Waals surface area contributed by atoms with Crippen LogP contribution in [-0.4, -0.2) is 0 Å². The molecule has 0 aromatic heterocycles. The van der Waals surface area contributed by atoms with E-state index in [9.17, 15) is 0 Å². The van der Waals surface area contributed by atoms with Gasteiger partial charge in [0.05, 0.1) is 16.8 Å². The molecular weight excluding hydrogens is 599 g/mol. The summed E-state index contributed by atoms with van der Waals surface area (Å²) in [5, 5.41) is 0. The summed E-state index contributed by atoms with van der Waals surface area (Å²) in [6.45, 7) is 4.77. The molecule has 48 heavy (non-hydrogen) atoms. The number of benzene rings is 7. The van der Waals surface area contributed by atoms with Gasteiger partial charge >= 0.3 is 0 Å². The molecule has 0 amide bonds. The SMILES string of the molecule is CC1(C)c2ccccc2C2(c3ccccc3-c3c(-c4cccc(N5c6ccccc6Sc6ccccc65)c4)cccc32)c2ccccc21. The summed E-state index contributed by atoms with van der Waals surface area (Å²) in [6, 6.07) is 61.2. The Morgan fingerprint density at radius 1 is 0.438 bits per heavy atom. The molecule has 2 heteroatoms. The van der Waals surface area contributed by atoms with Crippen LogP contribution >= 0.6 is 11.8 Å². The van der Waals surface area contributed by atoms with Crippen LogP contribution in [0.5, 0.6) is 0 Å². The number of para-hydroxylation sites is 2. The van der Waals surface area contributed by atoms with E-state index in [1.165, 1.54) is 82.5 Å². The summed E-state index contributed by atoms with van der Waals surface area (Å²) < 4.78 is 0. The minimum Gasteiger partial charge on any atom is -0.308 e. The second kappa shape index (κ2) is 10.1. The third-order valence-electron chi connectivity index (χ3n) is 10.9. The molecule has 0 fully saturated rings. The number of rotatable bonds is 2. The van der Waals surface area contributed by atoms with Gasteiger partial charge in [-0.05, 0) is 92.0 Å². The molecule has 0 saturated heterocycles. The lowest BCUT2D eigenvalue weighted by Crippen LogP contribution is -2.40. The van der Waals surface area contributed by atoms with E-state index < -0.39 is 5.41 Å². The van der Waals surface area contributed by atoms with E-state index in [0.29, 0.717) is 0 Å². The first-order valence-electron chi connectivity index (χ1n) is 16.8. The molecule has 1 spiro atoms. The van der Waals surface area contributed by atoms with E-state index in [-0.39, 0.29) is 5.41 Å². The highest BCUT2D eigenvalue weighted by Crippen LogP contribution is 2.63. The second-order valence-electron chi connectivity index (χ2n) is 13.7. The van der Waals surface area contributed by atoms with Gasteiger partial charge in [-0.2, -0.15) is 0 Å². The van der Waals surface area contributed by atoms with E-state index in [1.54, 1.807) is 0 Å². The van der Waals surface area contributed by atoms with Gasteiger partial charge in [-0.1, -0.05) is 153 Å². The third kappa shape index (κ3) is 3.59. The van der Waals surface area contributed by atoms with Crippen molar-refractivity contribution in [3.8, 4) is 22.3 Å². The van der Waals surface area contributed by atoms with Crippen molar-refractivity contribution in [1.82, 2.24) is 0 Å². The minimum absolute atomic E-state index is 0.110. The van der Waals surface area contributed by atoms with Crippen molar-refractivity contribution in [3.63, 3.8) is 0 Å². The van der Waals surface area contributed by atoms with Crippen molar-refractivity contribution in [1.29, 1.82) is 0 Å². The van der Waals surface area contributed by atoms with Crippen molar-refractivity contribution in [2.75, 3.05) is 4.90 Å². The van der Waals surface area contributed by atoms with Crippen molar-refractivity contribution < 1.29 is 0 Å². The standard InChI is InChI=1S/C46H33NS/c1-45(2)35-20-5-7-22-37(35)46(38-23-8-6-21-36(38)45)34-19-4-3-17-33(34)44-32(18-14-24-39(44)46)30-15-13-16-31(29-30)47-40-25-9-11-27-42(40)48-43-28-12-10-26-41(43)47/h3-29H,1-2H3. The molecule has 3 aliphatic rings. The molecule has 0 unspecified atom stereocenters. The van der Waals surface area contributed by atoms with E-state index >= 15 is 0 Å². The van der Waals surface area contributed by atoms with Gasteiger partial charge in [0.2, 0.25) is 0 Å². The van der Waals surface area contributed by atoms with Gasteiger partial charge in [-0.3, -0.25) is 0 Å². The van der Waals surface area contributed by atoms with Gasteiger partial charge in [0.15, 0.2) is 0 Å². The van der Waals surface area contributed by atoms with E-state index in [0.717, 1.165) is 0 Å². The number of anilines is 3. The number of fused-ring (bicyclic) bond motifs is 11. The molecule has 1 nitrogen and oxygen atoms in total. The van der Waals surface area contributed by atoms with Crippen LogP contribution in [0.2, 0.25) is 0 Å². The zero-order valence-electron chi connectivity index (χ0n) is 26.9. The maximum absolute atomic E-state index is 2.43. The third-order valence-corrected chi connectivity index (χ3v) is 12.1. The molecule has 0 saturated carbocycles. The fraction of sp³-hybridized carbons (Fsp3) is 0.0870. The lowest BCUT2D eigenvalue weighted by atomic mass is 9.55. The van der Waals surface area contributed by atoms with E-state index in [1.807, 2.05) is 11.8 Å². The van der Waals surface area contributed by atoms with Crippen LogP contribution in [0.15, 0.2) is 174 Å². The molecule has 1 aliphatic heterocycles. The van der Waals surface area contributed by atoms with Crippen LogP contribution in [0, 0.1) is 0 Å². The van der Waals surface area contributed by atoms with Crippen molar-refractivity contribution in [2.24, 2.45) is 0 Å². The van der Waals surface area contributed by atoms with Crippen LogP contribution in [-0.2, 0) is 10.8 Å². The zero-order valence-corrected chi connectivity index (χ0v) is 27.8. The Kier molecular flexibility index (Phi) is 5.84.